The van der Waals surface area contributed by atoms with Gasteiger partial charge in [0.1, 0.15) is 0 Å². The molecule has 0 bridgehead atoms. The van der Waals surface area contributed by atoms with E-state index in [2.05, 4.69) is 13.0 Å². The Balaban J connectivity index is 2.53. The lowest BCUT2D eigenvalue weighted by molar-refractivity contribution is -0.116. The molecule has 0 saturated heterocycles. The first-order chi connectivity index (χ1) is 7.08. The third-order valence-electron chi connectivity index (χ3n) is 3.18. The Bertz CT molecular complexity index is 402. The molecule has 80 valence electrons. The van der Waals surface area contributed by atoms with Crippen molar-refractivity contribution in [2.75, 3.05) is 18.0 Å². The summed E-state index contributed by atoms with van der Waals surface area (Å²) in [6.07, 6.45) is 0. The molecule has 1 amide bonds. The number of hydrogen-bond acceptors (Lipinski definition) is 2. The minimum absolute atomic E-state index is 0.0830. The van der Waals surface area contributed by atoms with E-state index in [1.165, 1.54) is 5.56 Å². The van der Waals surface area contributed by atoms with Crippen LogP contribution in [0.15, 0.2) is 24.3 Å². The normalized spacial score (nSPS) is 24.1. The second-order valence-electron chi connectivity index (χ2n) is 4.39. The highest BCUT2D eigenvalue weighted by Gasteiger charge is 2.38. The average molecular weight is 204 g/mol. The molecular formula is C12H16N2O. The van der Waals surface area contributed by atoms with Crippen LogP contribution in [0.1, 0.15) is 19.4 Å². The highest BCUT2D eigenvalue weighted by atomic mass is 16.2. The number of anilines is 1. The van der Waals surface area contributed by atoms with Crippen molar-refractivity contribution in [1.82, 2.24) is 0 Å². The summed E-state index contributed by atoms with van der Waals surface area (Å²) in [6, 6.07) is 8.00. The molecule has 0 aromatic heterocycles. The van der Waals surface area contributed by atoms with E-state index < -0.39 is 0 Å². The Morgan fingerprint density at radius 3 is 2.80 bits per heavy atom. The van der Waals surface area contributed by atoms with Gasteiger partial charge in [0, 0.05) is 31.1 Å². The van der Waals surface area contributed by atoms with Crippen LogP contribution < -0.4 is 10.6 Å². The third kappa shape index (κ3) is 1.43. The summed E-state index contributed by atoms with van der Waals surface area (Å²) in [6.45, 7) is 4.96. The third-order valence-corrected chi connectivity index (χ3v) is 3.18. The average Bonchev–Trinajstić information content (AvgIpc) is 2.54. The molecule has 1 aromatic carbocycles. The molecule has 1 heterocycles. The minimum atomic E-state index is -0.0950. The Hall–Kier alpha value is -1.35. The lowest BCUT2D eigenvalue weighted by Gasteiger charge is -2.23. The van der Waals surface area contributed by atoms with E-state index in [-0.39, 0.29) is 11.3 Å². The van der Waals surface area contributed by atoms with Gasteiger partial charge in [0.2, 0.25) is 5.91 Å². The number of benzene rings is 1. The van der Waals surface area contributed by atoms with Crippen molar-refractivity contribution in [3.63, 3.8) is 0 Å². The number of para-hydroxylation sites is 1. The van der Waals surface area contributed by atoms with Crippen LogP contribution in [0.2, 0.25) is 0 Å². The van der Waals surface area contributed by atoms with Gasteiger partial charge in [-0.1, -0.05) is 25.1 Å². The Kier molecular flexibility index (Phi) is 2.27. The van der Waals surface area contributed by atoms with Gasteiger partial charge in [0.15, 0.2) is 0 Å². The van der Waals surface area contributed by atoms with E-state index in [1.807, 2.05) is 23.1 Å². The van der Waals surface area contributed by atoms with Gasteiger partial charge in [0.05, 0.1) is 0 Å². The lowest BCUT2D eigenvalue weighted by Crippen LogP contribution is -2.38. The Morgan fingerprint density at radius 1 is 1.53 bits per heavy atom. The van der Waals surface area contributed by atoms with Crippen LogP contribution in [-0.2, 0) is 10.2 Å². The molecular weight excluding hydrogens is 188 g/mol. The zero-order valence-corrected chi connectivity index (χ0v) is 9.16. The van der Waals surface area contributed by atoms with Crippen molar-refractivity contribution < 1.29 is 4.79 Å². The minimum Gasteiger partial charge on any atom is -0.330 e. The van der Waals surface area contributed by atoms with Crippen molar-refractivity contribution in [2.24, 2.45) is 5.73 Å². The first-order valence-corrected chi connectivity index (χ1v) is 5.16. The summed E-state index contributed by atoms with van der Waals surface area (Å²) in [7, 11) is 0. The zero-order chi connectivity index (χ0) is 11.1. The molecule has 2 N–H and O–H groups in total. The fourth-order valence-electron chi connectivity index (χ4n) is 2.19. The monoisotopic (exact) mass is 204 g/mol. The number of nitrogens with zero attached hydrogens (tertiary/aromatic N) is 1. The number of amides is 1. The van der Waals surface area contributed by atoms with Gasteiger partial charge in [-0.05, 0) is 11.6 Å². The van der Waals surface area contributed by atoms with Crippen molar-refractivity contribution in [2.45, 2.75) is 19.3 Å². The summed E-state index contributed by atoms with van der Waals surface area (Å²) in [5.41, 5.74) is 7.91. The van der Waals surface area contributed by atoms with Gasteiger partial charge in [-0.2, -0.15) is 0 Å². The predicted molar refractivity (Wildman–Crippen MR) is 60.9 cm³/mol. The molecule has 0 spiro atoms. The summed E-state index contributed by atoms with van der Waals surface area (Å²) in [5, 5.41) is 0. The van der Waals surface area contributed by atoms with Crippen LogP contribution in [0.25, 0.3) is 0 Å². The fraction of sp³-hybridized carbons (Fsp3) is 0.417. The predicted octanol–water partition coefficient (Wildman–Crippen LogP) is 1.27. The zero-order valence-electron chi connectivity index (χ0n) is 9.16. The van der Waals surface area contributed by atoms with Gasteiger partial charge >= 0.3 is 0 Å². The summed E-state index contributed by atoms with van der Waals surface area (Å²) < 4.78 is 0. The molecule has 1 atom stereocenters. The molecule has 0 aliphatic carbocycles. The number of carbonyl (C=O) groups excluding carboxylic acids is 1. The van der Waals surface area contributed by atoms with E-state index in [9.17, 15) is 4.79 Å². The topological polar surface area (TPSA) is 46.3 Å². The van der Waals surface area contributed by atoms with Gasteiger partial charge in [-0.15, -0.1) is 0 Å². The molecule has 1 aromatic rings. The summed E-state index contributed by atoms with van der Waals surface area (Å²) in [4.78, 5) is 13.3. The van der Waals surface area contributed by atoms with Crippen LogP contribution in [0.4, 0.5) is 5.69 Å². The first kappa shape index (κ1) is 10.2. The van der Waals surface area contributed by atoms with E-state index in [0.717, 1.165) is 5.69 Å². The van der Waals surface area contributed by atoms with Crippen molar-refractivity contribution in [1.29, 1.82) is 0 Å². The lowest BCUT2D eigenvalue weighted by atomic mass is 9.85. The number of carbonyl (C=O) groups is 1. The highest BCUT2D eigenvalue weighted by molar-refractivity contribution is 5.94. The SMILES string of the molecule is CC(=O)N1CC(C)(CN)c2ccccc21. The fourth-order valence-corrected chi connectivity index (χ4v) is 2.19. The highest BCUT2D eigenvalue weighted by Crippen LogP contribution is 2.39. The molecule has 3 heteroatoms. The molecule has 0 saturated carbocycles. The maximum absolute atomic E-state index is 11.5. The van der Waals surface area contributed by atoms with Crippen LogP contribution in [0, 0.1) is 0 Å². The molecule has 15 heavy (non-hydrogen) atoms. The molecule has 1 unspecified atom stereocenters. The van der Waals surface area contributed by atoms with Crippen LogP contribution >= 0.6 is 0 Å². The second kappa shape index (κ2) is 3.35. The second-order valence-corrected chi connectivity index (χ2v) is 4.39. The number of fused-ring (bicyclic) bond motifs is 1. The van der Waals surface area contributed by atoms with Gasteiger partial charge in [-0.25, -0.2) is 0 Å². The number of nitrogens with two attached hydrogens (primary N) is 1. The molecule has 3 nitrogen and oxygen atoms in total. The molecule has 0 fully saturated rings. The van der Waals surface area contributed by atoms with Crippen molar-refractivity contribution in [3.8, 4) is 0 Å². The van der Waals surface area contributed by atoms with E-state index in [1.54, 1.807) is 6.92 Å². The van der Waals surface area contributed by atoms with Crippen LogP contribution in [0.3, 0.4) is 0 Å². The molecule has 2 rings (SSSR count). The van der Waals surface area contributed by atoms with Crippen molar-refractivity contribution in [3.05, 3.63) is 29.8 Å². The summed E-state index contributed by atoms with van der Waals surface area (Å²) in [5.74, 6) is 0.0830. The van der Waals surface area contributed by atoms with Crippen LogP contribution in [0.5, 0.6) is 0 Å². The van der Waals surface area contributed by atoms with E-state index >= 15 is 0 Å². The van der Waals surface area contributed by atoms with E-state index in [0.29, 0.717) is 13.1 Å². The number of hydrogen-bond donors (Lipinski definition) is 1. The quantitative estimate of drug-likeness (QED) is 0.748. The van der Waals surface area contributed by atoms with Gasteiger partial charge < -0.3 is 10.6 Å². The maximum atomic E-state index is 11.5. The Morgan fingerprint density at radius 2 is 2.20 bits per heavy atom. The van der Waals surface area contributed by atoms with Gasteiger partial charge in [-0.3, -0.25) is 4.79 Å². The van der Waals surface area contributed by atoms with Gasteiger partial charge in [0.25, 0.3) is 0 Å². The van der Waals surface area contributed by atoms with Crippen LogP contribution in [-0.4, -0.2) is 19.0 Å². The Labute approximate surface area is 89.9 Å². The largest absolute Gasteiger partial charge is 0.330 e. The first-order valence-electron chi connectivity index (χ1n) is 5.16. The molecule has 0 radical (unpaired) electrons. The summed E-state index contributed by atoms with van der Waals surface area (Å²) >= 11 is 0. The van der Waals surface area contributed by atoms with Crippen molar-refractivity contribution >= 4 is 11.6 Å². The standard InChI is InChI=1S/C12H16N2O/c1-9(15)14-8-12(2,7-13)10-5-3-4-6-11(10)14/h3-6H,7-8,13H2,1-2H3. The maximum Gasteiger partial charge on any atom is 0.223 e. The molecule has 1 aliphatic heterocycles. The smallest absolute Gasteiger partial charge is 0.223 e. The number of rotatable bonds is 1. The molecule has 1 aliphatic rings. The van der Waals surface area contributed by atoms with E-state index in [4.69, 9.17) is 5.73 Å².